The van der Waals surface area contributed by atoms with Crippen molar-refractivity contribution in [3.63, 3.8) is 0 Å². The van der Waals surface area contributed by atoms with Crippen LogP contribution in [0.5, 0.6) is 0 Å². The van der Waals surface area contributed by atoms with Crippen LogP contribution in [0.25, 0.3) is 0 Å². The van der Waals surface area contributed by atoms with Gasteiger partial charge in [0, 0.05) is 22.4 Å². The molecule has 138 valence electrons. The first-order valence-corrected chi connectivity index (χ1v) is 9.46. The number of piperazine rings is 1. The van der Waals surface area contributed by atoms with Gasteiger partial charge in [0.15, 0.2) is 0 Å². The first-order chi connectivity index (χ1) is 12.4. The van der Waals surface area contributed by atoms with Gasteiger partial charge in [0.1, 0.15) is 6.54 Å². The van der Waals surface area contributed by atoms with Crippen LogP contribution in [0.15, 0.2) is 54.6 Å². The molecular weight excluding hydrogens is 322 g/mol. The number of nitrogens with zero attached hydrogens (tertiary/aromatic N) is 1. The highest BCUT2D eigenvalue weighted by Crippen LogP contribution is 2.21. The van der Waals surface area contributed by atoms with Crippen LogP contribution in [0.1, 0.15) is 26.3 Å². The topological polar surface area (TPSA) is 36.8 Å². The quantitative estimate of drug-likeness (QED) is 0.887. The van der Waals surface area contributed by atoms with Crippen LogP contribution in [-0.4, -0.2) is 32.1 Å². The van der Waals surface area contributed by atoms with Crippen LogP contribution < -0.4 is 15.1 Å². The van der Waals surface area contributed by atoms with Crippen LogP contribution in [0.2, 0.25) is 0 Å². The van der Waals surface area contributed by atoms with Crippen molar-refractivity contribution in [3.8, 4) is 0 Å². The Hall–Kier alpha value is -2.33. The lowest BCUT2D eigenvalue weighted by molar-refractivity contribution is -0.914. The number of carbonyl (C=O) groups excluding carboxylic acids is 1. The van der Waals surface area contributed by atoms with Gasteiger partial charge in [0.2, 0.25) is 5.91 Å². The van der Waals surface area contributed by atoms with Gasteiger partial charge in [-0.25, -0.2) is 0 Å². The molecule has 4 heteroatoms. The minimum atomic E-state index is -0.378. The first kappa shape index (κ1) is 18.5. The second kappa shape index (κ2) is 7.92. The van der Waals surface area contributed by atoms with Crippen molar-refractivity contribution in [1.82, 2.24) is 0 Å². The minimum absolute atomic E-state index is 0.0448. The molecule has 1 aliphatic rings. The zero-order valence-electron chi connectivity index (χ0n) is 16.1. The molecule has 0 bridgehead atoms. The molecule has 1 aliphatic heterocycles. The smallest absolute Gasteiger partial charge is 0.229 e. The van der Waals surface area contributed by atoms with Crippen molar-refractivity contribution in [3.05, 3.63) is 60.2 Å². The minimum Gasteiger partial charge on any atom is -0.360 e. The monoisotopic (exact) mass is 352 g/mol. The fourth-order valence-corrected chi connectivity index (χ4v) is 3.22. The standard InChI is InChI=1S/C22H29N3O/c1-22(2,3)21(26)23-19-9-11-20(12-10-19)25-15-13-24(14-16-25)17-18-7-5-4-6-8-18/h4-12H,13-17H2,1-3H3,(H,23,26)/p+1. The van der Waals surface area contributed by atoms with Crippen LogP contribution in [0.3, 0.4) is 0 Å². The van der Waals surface area contributed by atoms with Crippen molar-refractivity contribution >= 4 is 17.3 Å². The Balaban J connectivity index is 1.52. The molecule has 1 fully saturated rings. The molecule has 0 spiro atoms. The first-order valence-electron chi connectivity index (χ1n) is 9.46. The second-order valence-corrected chi connectivity index (χ2v) is 8.15. The Morgan fingerprint density at radius 1 is 1.00 bits per heavy atom. The summed E-state index contributed by atoms with van der Waals surface area (Å²) in [5.74, 6) is 0.0448. The third-order valence-electron chi connectivity index (χ3n) is 4.94. The summed E-state index contributed by atoms with van der Waals surface area (Å²) < 4.78 is 0. The van der Waals surface area contributed by atoms with Gasteiger partial charge in [0.05, 0.1) is 26.2 Å². The van der Waals surface area contributed by atoms with Gasteiger partial charge in [-0.2, -0.15) is 0 Å². The number of amides is 1. The van der Waals surface area contributed by atoms with E-state index in [2.05, 4.69) is 52.7 Å². The maximum absolute atomic E-state index is 12.1. The Labute approximate surface area is 156 Å². The largest absolute Gasteiger partial charge is 0.360 e. The number of quaternary nitrogens is 1. The number of benzene rings is 2. The summed E-state index contributed by atoms with van der Waals surface area (Å²) in [6.45, 7) is 11.3. The normalized spacial score (nSPS) is 15.7. The van der Waals surface area contributed by atoms with E-state index in [1.165, 1.54) is 11.3 Å². The molecule has 0 aromatic heterocycles. The lowest BCUT2D eigenvalue weighted by Gasteiger charge is -2.33. The number of anilines is 2. The van der Waals surface area contributed by atoms with Crippen LogP contribution >= 0.6 is 0 Å². The molecule has 0 aliphatic carbocycles. The molecule has 4 nitrogen and oxygen atoms in total. The summed E-state index contributed by atoms with van der Waals surface area (Å²) in [5.41, 5.74) is 3.13. The van der Waals surface area contributed by atoms with Crippen molar-refractivity contribution in [2.75, 3.05) is 36.4 Å². The summed E-state index contributed by atoms with van der Waals surface area (Å²) in [6.07, 6.45) is 0. The lowest BCUT2D eigenvalue weighted by Crippen LogP contribution is -3.13. The fourth-order valence-electron chi connectivity index (χ4n) is 3.22. The summed E-state index contributed by atoms with van der Waals surface area (Å²) >= 11 is 0. The van der Waals surface area contributed by atoms with Crippen molar-refractivity contribution in [2.45, 2.75) is 27.3 Å². The zero-order valence-corrected chi connectivity index (χ0v) is 16.1. The van der Waals surface area contributed by atoms with Gasteiger partial charge in [-0.1, -0.05) is 51.1 Å². The molecule has 0 saturated carbocycles. The summed E-state index contributed by atoms with van der Waals surface area (Å²) in [7, 11) is 0. The highest BCUT2D eigenvalue weighted by atomic mass is 16.2. The molecule has 0 atom stereocenters. The van der Waals surface area contributed by atoms with E-state index < -0.39 is 0 Å². The van der Waals surface area contributed by atoms with Crippen LogP contribution in [0.4, 0.5) is 11.4 Å². The van der Waals surface area contributed by atoms with E-state index in [9.17, 15) is 4.79 Å². The molecule has 2 aromatic carbocycles. The van der Waals surface area contributed by atoms with Crippen molar-refractivity contribution < 1.29 is 9.69 Å². The number of rotatable bonds is 4. The summed E-state index contributed by atoms with van der Waals surface area (Å²) in [4.78, 5) is 16.2. The Morgan fingerprint density at radius 2 is 1.62 bits per heavy atom. The van der Waals surface area contributed by atoms with E-state index >= 15 is 0 Å². The molecule has 2 aromatic rings. The number of carbonyl (C=O) groups is 1. The average molecular weight is 353 g/mol. The Bertz CT molecular complexity index is 711. The third-order valence-corrected chi connectivity index (χ3v) is 4.94. The van der Waals surface area contributed by atoms with Gasteiger partial charge in [-0.15, -0.1) is 0 Å². The van der Waals surface area contributed by atoms with Crippen molar-refractivity contribution in [2.24, 2.45) is 5.41 Å². The molecule has 2 N–H and O–H groups in total. The number of hydrogen-bond acceptors (Lipinski definition) is 2. The Kier molecular flexibility index (Phi) is 5.62. The SMILES string of the molecule is CC(C)(C)C(=O)Nc1ccc(N2CC[NH+](Cc3ccccc3)CC2)cc1. The maximum atomic E-state index is 12.1. The van der Waals surface area contributed by atoms with Gasteiger partial charge in [-0.05, 0) is 24.3 Å². The van der Waals surface area contributed by atoms with Gasteiger partial charge in [0.25, 0.3) is 0 Å². The van der Waals surface area contributed by atoms with E-state index in [0.29, 0.717) is 0 Å². The predicted molar refractivity (Wildman–Crippen MR) is 108 cm³/mol. The van der Waals surface area contributed by atoms with Crippen LogP contribution in [0, 0.1) is 5.41 Å². The zero-order chi connectivity index (χ0) is 18.6. The van der Waals surface area contributed by atoms with E-state index in [-0.39, 0.29) is 11.3 Å². The lowest BCUT2D eigenvalue weighted by atomic mass is 9.95. The van der Waals surface area contributed by atoms with Gasteiger partial charge >= 0.3 is 0 Å². The predicted octanol–water partition coefficient (Wildman–Crippen LogP) is 2.58. The van der Waals surface area contributed by atoms with E-state index in [1.54, 1.807) is 4.90 Å². The maximum Gasteiger partial charge on any atom is 0.229 e. The molecule has 0 unspecified atom stereocenters. The fraction of sp³-hybridized carbons (Fsp3) is 0.409. The molecule has 26 heavy (non-hydrogen) atoms. The summed E-state index contributed by atoms with van der Waals surface area (Å²) in [5, 5.41) is 2.98. The van der Waals surface area contributed by atoms with Crippen LogP contribution in [-0.2, 0) is 11.3 Å². The van der Waals surface area contributed by atoms with Crippen molar-refractivity contribution in [1.29, 1.82) is 0 Å². The molecule has 1 saturated heterocycles. The van der Waals surface area contributed by atoms with Gasteiger partial charge in [-0.3, -0.25) is 4.79 Å². The van der Waals surface area contributed by atoms with E-state index in [4.69, 9.17) is 0 Å². The highest BCUT2D eigenvalue weighted by molar-refractivity contribution is 5.94. The highest BCUT2D eigenvalue weighted by Gasteiger charge is 2.22. The van der Waals surface area contributed by atoms with Gasteiger partial charge < -0.3 is 15.1 Å². The number of hydrogen-bond donors (Lipinski definition) is 2. The second-order valence-electron chi connectivity index (χ2n) is 8.15. The molecule has 1 amide bonds. The van der Waals surface area contributed by atoms with E-state index in [1.807, 2.05) is 32.9 Å². The Morgan fingerprint density at radius 3 is 2.19 bits per heavy atom. The van der Waals surface area contributed by atoms with E-state index in [0.717, 1.165) is 38.4 Å². The summed E-state index contributed by atoms with van der Waals surface area (Å²) in [6, 6.07) is 19.0. The molecular formula is C22H30N3O+. The third kappa shape index (κ3) is 4.85. The number of nitrogens with one attached hydrogen (secondary N) is 2. The molecule has 0 radical (unpaired) electrons. The average Bonchev–Trinajstić information content (AvgIpc) is 2.63. The molecule has 3 rings (SSSR count). The molecule has 1 heterocycles.